The summed E-state index contributed by atoms with van der Waals surface area (Å²) in [5, 5.41) is 3.19. The number of H-pyrrole nitrogens is 1. The fraction of sp³-hybridized carbons (Fsp3) is 0.471. The Morgan fingerprint density at radius 3 is 2.52 bits per heavy atom. The van der Waals surface area contributed by atoms with Crippen LogP contribution in [0.1, 0.15) is 19.7 Å². The Kier molecular flexibility index (Phi) is 6.35. The smallest absolute Gasteiger partial charge is 0.258 e. The molecule has 0 bridgehead atoms. The number of aromatic nitrogens is 2. The van der Waals surface area contributed by atoms with Gasteiger partial charge in [-0.15, -0.1) is 0 Å². The van der Waals surface area contributed by atoms with E-state index in [2.05, 4.69) is 15.3 Å². The highest BCUT2D eigenvalue weighted by Gasteiger charge is 2.14. The van der Waals surface area contributed by atoms with Crippen molar-refractivity contribution in [1.29, 1.82) is 0 Å². The van der Waals surface area contributed by atoms with Gasteiger partial charge in [-0.1, -0.05) is 6.92 Å². The van der Waals surface area contributed by atoms with Gasteiger partial charge in [0.25, 0.3) is 5.56 Å². The number of benzene rings is 1. The number of likely N-dealkylation sites (N-methyl/N-ethyl adjacent to an activating group) is 2. The van der Waals surface area contributed by atoms with Crippen LogP contribution >= 0.6 is 0 Å². The van der Waals surface area contributed by atoms with Crippen LogP contribution in [0.2, 0.25) is 0 Å². The molecule has 0 saturated carbocycles. The number of hydrogen-bond acceptors (Lipinski definition) is 6. The monoisotopic (exact) mass is 348 g/mol. The van der Waals surface area contributed by atoms with E-state index in [9.17, 15) is 9.59 Å². The second-order valence-corrected chi connectivity index (χ2v) is 5.49. The van der Waals surface area contributed by atoms with Crippen LogP contribution in [-0.2, 0) is 11.3 Å². The van der Waals surface area contributed by atoms with E-state index in [1.54, 1.807) is 12.1 Å². The van der Waals surface area contributed by atoms with E-state index in [0.29, 0.717) is 47.9 Å². The molecule has 2 N–H and O–H groups in total. The SMILES string of the molecule is CCNC(=O)CN(CC)Cc1nc2cc(OC)c(OC)cc2c(=O)[nH]1. The van der Waals surface area contributed by atoms with E-state index in [4.69, 9.17) is 9.47 Å². The first-order valence-electron chi connectivity index (χ1n) is 8.16. The molecule has 2 rings (SSSR count). The van der Waals surface area contributed by atoms with Crippen molar-refractivity contribution in [2.45, 2.75) is 20.4 Å². The summed E-state index contributed by atoms with van der Waals surface area (Å²) in [5.41, 5.74) is 0.264. The van der Waals surface area contributed by atoms with Crippen LogP contribution in [0.4, 0.5) is 0 Å². The largest absolute Gasteiger partial charge is 0.493 e. The third kappa shape index (κ3) is 4.48. The third-order valence-electron chi connectivity index (χ3n) is 3.82. The molecule has 2 aromatic rings. The molecule has 0 aliphatic heterocycles. The number of rotatable bonds is 8. The number of amides is 1. The molecular weight excluding hydrogens is 324 g/mol. The predicted octanol–water partition coefficient (Wildman–Crippen LogP) is 0.898. The van der Waals surface area contributed by atoms with Crippen molar-refractivity contribution in [3.63, 3.8) is 0 Å². The highest BCUT2D eigenvalue weighted by atomic mass is 16.5. The molecule has 0 aliphatic carbocycles. The van der Waals surface area contributed by atoms with Crippen LogP contribution < -0.4 is 20.3 Å². The van der Waals surface area contributed by atoms with Crippen molar-refractivity contribution in [3.05, 3.63) is 28.3 Å². The predicted molar refractivity (Wildman–Crippen MR) is 95.1 cm³/mol. The lowest BCUT2D eigenvalue weighted by Gasteiger charge is -2.19. The van der Waals surface area contributed by atoms with Gasteiger partial charge in [-0.2, -0.15) is 0 Å². The maximum absolute atomic E-state index is 12.4. The van der Waals surface area contributed by atoms with Gasteiger partial charge in [0.05, 0.1) is 38.2 Å². The van der Waals surface area contributed by atoms with Crippen LogP contribution in [-0.4, -0.2) is 54.6 Å². The maximum Gasteiger partial charge on any atom is 0.258 e. The topological polar surface area (TPSA) is 96.6 Å². The quantitative estimate of drug-likeness (QED) is 0.736. The summed E-state index contributed by atoms with van der Waals surface area (Å²) >= 11 is 0. The number of hydrogen-bond donors (Lipinski definition) is 2. The molecule has 1 aromatic heterocycles. The summed E-state index contributed by atoms with van der Waals surface area (Å²) in [6.45, 7) is 5.68. The van der Waals surface area contributed by atoms with E-state index in [1.165, 1.54) is 14.2 Å². The highest BCUT2D eigenvalue weighted by molar-refractivity contribution is 5.81. The Hall–Kier alpha value is -2.61. The molecule has 0 spiro atoms. The van der Waals surface area contributed by atoms with E-state index >= 15 is 0 Å². The molecule has 1 heterocycles. The van der Waals surface area contributed by atoms with Crippen molar-refractivity contribution in [3.8, 4) is 11.5 Å². The lowest BCUT2D eigenvalue weighted by Crippen LogP contribution is -2.37. The Bertz CT molecular complexity index is 803. The van der Waals surface area contributed by atoms with Gasteiger partial charge in [-0.25, -0.2) is 4.98 Å². The van der Waals surface area contributed by atoms with Crippen molar-refractivity contribution >= 4 is 16.8 Å². The Morgan fingerprint density at radius 2 is 1.92 bits per heavy atom. The summed E-state index contributed by atoms with van der Waals surface area (Å²) in [6, 6.07) is 3.28. The minimum atomic E-state index is -0.255. The summed E-state index contributed by atoms with van der Waals surface area (Å²) in [6.07, 6.45) is 0. The van der Waals surface area contributed by atoms with Gasteiger partial charge in [0.15, 0.2) is 11.5 Å². The molecule has 0 radical (unpaired) electrons. The van der Waals surface area contributed by atoms with Crippen LogP contribution in [0.25, 0.3) is 10.9 Å². The molecule has 1 aromatic carbocycles. The molecule has 0 fully saturated rings. The number of methoxy groups -OCH3 is 2. The van der Waals surface area contributed by atoms with Gasteiger partial charge < -0.3 is 19.8 Å². The number of fused-ring (bicyclic) bond motifs is 1. The Labute approximate surface area is 146 Å². The zero-order valence-electron chi connectivity index (χ0n) is 15.0. The summed E-state index contributed by atoms with van der Waals surface area (Å²) in [4.78, 5) is 33.3. The first-order chi connectivity index (χ1) is 12.0. The van der Waals surface area contributed by atoms with Crippen molar-refractivity contribution < 1.29 is 14.3 Å². The van der Waals surface area contributed by atoms with Gasteiger partial charge in [-0.05, 0) is 19.5 Å². The highest BCUT2D eigenvalue weighted by Crippen LogP contribution is 2.29. The number of carbonyl (C=O) groups excluding carboxylic acids is 1. The molecular formula is C17H24N4O4. The van der Waals surface area contributed by atoms with Crippen LogP contribution in [0, 0.1) is 0 Å². The van der Waals surface area contributed by atoms with Gasteiger partial charge >= 0.3 is 0 Å². The molecule has 1 amide bonds. The van der Waals surface area contributed by atoms with Crippen molar-refractivity contribution in [2.24, 2.45) is 0 Å². The molecule has 0 atom stereocenters. The van der Waals surface area contributed by atoms with Crippen LogP contribution in [0.15, 0.2) is 16.9 Å². The number of nitrogens with one attached hydrogen (secondary N) is 2. The second-order valence-electron chi connectivity index (χ2n) is 5.49. The minimum Gasteiger partial charge on any atom is -0.493 e. The van der Waals surface area contributed by atoms with Crippen LogP contribution in [0.3, 0.4) is 0 Å². The zero-order valence-corrected chi connectivity index (χ0v) is 15.0. The maximum atomic E-state index is 12.4. The lowest BCUT2D eigenvalue weighted by molar-refractivity contribution is -0.122. The normalized spacial score (nSPS) is 10.9. The number of nitrogens with zero attached hydrogens (tertiary/aromatic N) is 2. The lowest BCUT2D eigenvalue weighted by atomic mass is 10.2. The van der Waals surface area contributed by atoms with E-state index in [0.717, 1.165) is 0 Å². The molecule has 0 aliphatic rings. The fourth-order valence-electron chi connectivity index (χ4n) is 2.54. The number of aromatic amines is 1. The average Bonchev–Trinajstić information content (AvgIpc) is 2.60. The zero-order chi connectivity index (χ0) is 18.4. The Balaban J connectivity index is 2.32. The van der Waals surface area contributed by atoms with Gasteiger partial charge in [0.2, 0.25) is 5.91 Å². The minimum absolute atomic E-state index is 0.0566. The van der Waals surface area contributed by atoms with E-state index in [-0.39, 0.29) is 18.0 Å². The molecule has 8 nitrogen and oxygen atoms in total. The van der Waals surface area contributed by atoms with Gasteiger partial charge in [0, 0.05) is 12.6 Å². The standard InChI is InChI=1S/C17H24N4O4/c1-5-18-16(22)10-21(6-2)9-15-19-12-8-14(25-4)13(24-3)7-11(12)17(23)20-15/h7-8H,5-6,9-10H2,1-4H3,(H,18,22)(H,19,20,23). The van der Waals surface area contributed by atoms with Crippen LogP contribution in [0.5, 0.6) is 11.5 Å². The number of carbonyl (C=O) groups is 1. The first-order valence-corrected chi connectivity index (χ1v) is 8.16. The van der Waals surface area contributed by atoms with Crippen molar-refractivity contribution in [1.82, 2.24) is 20.2 Å². The molecule has 0 saturated heterocycles. The summed E-state index contributed by atoms with van der Waals surface area (Å²) in [5.74, 6) is 1.42. The molecule has 25 heavy (non-hydrogen) atoms. The van der Waals surface area contributed by atoms with E-state index in [1.807, 2.05) is 18.7 Å². The molecule has 0 unspecified atom stereocenters. The fourth-order valence-corrected chi connectivity index (χ4v) is 2.54. The summed E-state index contributed by atoms with van der Waals surface area (Å²) in [7, 11) is 3.04. The van der Waals surface area contributed by atoms with Gasteiger partial charge in [-0.3, -0.25) is 14.5 Å². The second kappa shape index (κ2) is 8.48. The Morgan fingerprint density at radius 1 is 1.24 bits per heavy atom. The first kappa shape index (κ1) is 18.7. The molecule has 136 valence electrons. The van der Waals surface area contributed by atoms with E-state index < -0.39 is 0 Å². The number of ether oxygens (including phenoxy) is 2. The van der Waals surface area contributed by atoms with Crippen molar-refractivity contribution in [2.75, 3.05) is 33.9 Å². The van der Waals surface area contributed by atoms with Gasteiger partial charge in [0.1, 0.15) is 5.82 Å². The third-order valence-corrected chi connectivity index (χ3v) is 3.82. The molecule has 8 heteroatoms. The average molecular weight is 348 g/mol. The summed E-state index contributed by atoms with van der Waals surface area (Å²) < 4.78 is 10.5.